The topological polar surface area (TPSA) is 59.0 Å². The number of hydrogen-bond acceptors (Lipinski definition) is 4. The van der Waals surface area contributed by atoms with Crippen LogP contribution in [0, 0.1) is 0 Å². The molecule has 0 radical (unpaired) electrons. The zero-order chi connectivity index (χ0) is 17.9. The number of aromatic nitrogens is 2. The Morgan fingerprint density at radius 1 is 1.15 bits per heavy atom. The maximum Gasteiger partial charge on any atom is 0.265 e. The van der Waals surface area contributed by atoms with E-state index in [2.05, 4.69) is 17.6 Å². The van der Waals surface area contributed by atoms with Gasteiger partial charge in [0.15, 0.2) is 0 Å². The minimum Gasteiger partial charge on any atom is -0.380 e. The van der Waals surface area contributed by atoms with Crippen molar-refractivity contribution in [1.29, 1.82) is 0 Å². The third kappa shape index (κ3) is 3.22. The molecule has 0 unspecified atom stereocenters. The molecular weight excluding hydrogens is 324 g/mol. The number of fused-ring (bicyclic) bond motifs is 1. The summed E-state index contributed by atoms with van der Waals surface area (Å²) in [5.74, 6) is 0.833. The van der Waals surface area contributed by atoms with Gasteiger partial charge in [0.1, 0.15) is 5.82 Å². The van der Waals surface area contributed by atoms with E-state index in [4.69, 9.17) is 4.98 Å². The number of aryl methyl sites for hydroxylation is 1. The number of para-hydroxylation sites is 1. The Bertz CT molecular complexity index is 958. The molecule has 1 saturated heterocycles. The van der Waals surface area contributed by atoms with Gasteiger partial charge in [-0.25, -0.2) is 4.98 Å². The molecule has 0 aliphatic carbocycles. The number of hydrogen-bond donors (Lipinski definition) is 2. The van der Waals surface area contributed by atoms with Gasteiger partial charge >= 0.3 is 0 Å². The zero-order valence-corrected chi connectivity index (χ0v) is 15.0. The third-order valence-corrected chi connectivity index (χ3v) is 4.88. The number of rotatable bonds is 6. The Morgan fingerprint density at radius 3 is 2.62 bits per heavy atom. The van der Waals surface area contributed by atoms with E-state index in [0.29, 0.717) is 11.4 Å². The van der Waals surface area contributed by atoms with Gasteiger partial charge in [-0.05, 0) is 42.8 Å². The van der Waals surface area contributed by atoms with Crippen molar-refractivity contribution < 1.29 is 0 Å². The molecule has 1 aliphatic heterocycles. The molecule has 0 saturated carbocycles. The quantitative estimate of drug-likeness (QED) is 0.719. The molecule has 1 aliphatic rings. The molecule has 2 heterocycles. The van der Waals surface area contributed by atoms with Gasteiger partial charge in [-0.15, -0.1) is 0 Å². The van der Waals surface area contributed by atoms with Crippen molar-refractivity contribution in [2.75, 3.05) is 18.4 Å². The van der Waals surface area contributed by atoms with Crippen molar-refractivity contribution in [2.45, 2.75) is 32.2 Å². The standard InChI is InChI=1S/C21H24N4O/c1-2-3-8-20-24-19-7-5-4-6-18(19)21(26)25(20)17-11-9-15(10-12-17)23-16-13-22-14-16/h4-7,9-12,16,22-23H,2-3,8,13-14H2,1H3. The molecule has 0 spiro atoms. The van der Waals surface area contributed by atoms with Crippen LogP contribution in [-0.2, 0) is 6.42 Å². The van der Waals surface area contributed by atoms with Crippen molar-refractivity contribution in [1.82, 2.24) is 14.9 Å². The largest absolute Gasteiger partial charge is 0.380 e. The molecule has 134 valence electrons. The molecule has 0 bridgehead atoms. The normalized spacial score (nSPS) is 14.3. The highest BCUT2D eigenvalue weighted by Gasteiger charge is 2.16. The van der Waals surface area contributed by atoms with E-state index >= 15 is 0 Å². The second-order valence-electron chi connectivity index (χ2n) is 6.84. The Kier molecular flexibility index (Phi) is 4.71. The lowest BCUT2D eigenvalue weighted by molar-refractivity contribution is 0.472. The number of benzene rings is 2. The highest BCUT2D eigenvalue weighted by molar-refractivity contribution is 5.77. The van der Waals surface area contributed by atoms with E-state index < -0.39 is 0 Å². The average Bonchev–Trinajstić information content (AvgIpc) is 2.64. The smallest absolute Gasteiger partial charge is 0.265 e. The lowest BCUT2D eigenvalue weighted by Crippen LogP contribution is -2.51. The maximum atomic E-state index is 13.1. The van der Waals surface area contributed by atoms with Crippen LogP contribution in [0.5, 0.6) is 0 Å². The molecule has 5 heteroatoms. The highest BCUT2D eigenvalue weighted by Crippen LogP contribution is 2.18. The van der Waals surface area contributed by atoms with Crippen LogP contribution in [-0.4, -0.2) is 28.7 Å². The SMILES string of the molecule is CCCCc1nc2ccccc2c(=O)n1-c1ccc(NC2CNC2)cc1. The molecular formula is C21H24N4O. The molecule has 0 amide bonds. The first-order valence-electron chi connectivity index (χ1n) is 9.34. The molecule has 1 aromatic heterocycles. The zero-order valence-electron chi connectivity index (χ0n) is 15.0. The number of nitrogens with zero attached hydrogens (tertiary/aromatic N) is 2. The lowest BCUT2D eigenvalue weighted by Gasteiger charge is -2.29. The summed E-state index contributed by atoms with van der Waals surface area (Å²) >= 11 is 0. The van der Waals surface area contributed by atoms with E-state index in [1.54, 1.807) is 4.57 Å². The summed E-state index contributed by atoms with van der Waals surface area (Å²) < 4.78 is 1.77. The second-order valence-corrected chi connectivity index (χ2v) is 6.84. The summed E-state index contributed by atoms with van der Waals surface area (Å²) in [6.45, 7) is 4.15. The van der Waals surface area contributed by atoms with Gasteiger partial charge in [0.25, 0.3) is 5.56 Å². The fourth-order valence-electron chi connectivity index (χ4n) is 3.28. The first-order chi connectivity index (χ1) is 12.8. The van der Waals surface area contributed by atoms with Crippen molar-refractivity contribution >= 4 is 16.6 Å². The minimum absolute atomic E-state index is 0.00519. The fraction of sp³-hybridized carbons (Fsp3) is 0.333. The van der Waals surface area contributed by atoms with Crippen molar-refractivity contribution in [3.05, 3.63) is 64.7 Å². The fourth-order valence-corrected chi connectivity index (χ4v) is 3.28. The summed E-state index contributed by atoms with van der Waals surface area (Å²) in [6, 6.07) is 16.2. The van der Waals surface area contributed by atoms with Crippen LogP contribution in [0.4, 0.5) is 5.69 Å². The van der Waals surface area contributed by atoms with Crippen molar-refractivity contribution in [3.63, 3.8) is 0 Å². The first kappa shape index (κ1) is 16.8. The monoisotopic (exact) mass is 348 g/mol. The highest BCUT2D eigenvalue weighted by atomic mass is 16.1. The number of anilines is 1. The van der Waals surface area contributed by atoms with Crippen LogP contribution in [0.2, 0.25) is 0 Å². The summed E-state index contributed by atoms with van der Waals surface area (Å²) in [5.41, 5.74) is 2.73. The Balaban J connectivity index is 1.75. The Labute approximate surface area is 153 Å². The van der Waals surface area contributed by atoms with Gasteiger partial charge in [0, 0.05) is 25.2 Å². The van der Waals surface area contributed by atoms with E-state index in [0.717, 1.165) is 55.1 Å². The molecule has 1 fully saturated rings. The van der Waals surface area contributed by atoms with Crippen LogP contribution < -0.4 is 16.2 Å². The Hall–Kier alpha value is -2.66. The minimum atomic E-state index is 0.00519. The summed E-state index contributed by atoms with van der Waals surface area (Å²) in [5, 5.41) is 7.40. The molecule has 0 atom stereocenters. The predicted octanol–water partition coefficient (Wildman–Crippen LogP) is 3.11. The maximum absolute atomic E-state index is 13.1. The average molecular weight is 348 g/mol. The molecule has 5 nitrogen and oxygen atoms in total. The van der Waals surface area contributed by atoms with E-state index in [1.807, 2.05) is 48.5 Å². The molecule has 2 N–H and O–H groups in total. The van der Waals surface area contributed by atoms with Gasteiger partial charge in [0.05, 0.1) is 22.6 Å². The van der Waals surface area contributed by atoms with Crippen LogP contribution in [0.1, 0.15) is 25.6 Å². The van der Waals surface area contributed by atoms with Crippen LogP contribution >= 0.6 is 0 Å². The van der Waals surface area contributed by atoms with Crippen LogP contribution in [0.25, 0.3) is 16.6 Å². The van der Waals surface area contributed by atoms with E-state index in [9.17, 15) is 4.79 Å². The molecule has 26 heavy (non-hydrogen) atoms. The predicted molar refractivity (Wildman–Crippen MR) is 106 cm³/mol. The lowest BCUT2D eigenvalue weighted by atomic mass is 10.1. The number of nitrogens with one attached hydrogen (secondary N) is 2. The summed E-state index contributed by atoms with van der Waals surface area (Å²) in [7, 11) is 0. The third-order valence-electron chi connectivity index (χ3n) is 4.88. The van der Waals surface area contributed by atoms with E-state index in [-0.39, 0.29) is 5.56 Å². The second kappa shape index (κ2) is 7.30. The van der Waals surface area contributed by atoms with Gasteiger partial charge in [0.2, 0.25) is 0 Å². The van der Waals surface area contributed by atoms with Gasteiger partial charge in [-0.1, -0.05) is 25.5 Å². The Morgan fingerprint density at radius 2 is 1.92 bits per heavy atom. The molecule has 4 rings (SSSR count). The molecule has 3 aromatic rings. The van der Waals surface area contributed by atoms with Crippen molar-refractivity contribution in [2.24, 2.45) is 0 Å². The summed E-state index contributed by atoms with van der Waals surface area (Å²) in [6.07, 6.45) is 2.88. The molecule has 2 aromatic carbocycles. The first-order valence-corrected chi connectivity index (χ1v) is 9.34. The summed E-state index contributed by atoms with van der Waals surface area (Å²) in [4.78, 5) is 17.9. The van der Waals surface area contributed by atoms with Crippen LogP contribution in [0.15, 0.2) is 53.3 Å². The number of unbranched alkanes of at least 4 members (excludes halogenated alkanes) is 1. The van der Waals surface area contributed by atoms with Gasteiger partial charge in [-0.2, -0.15) is 0 Å². The van der Waals surface area contributed by atoms with Crippen LogP contribution in [0.3, 0.4) is 0 Å². The van der Waals surface area contributed by atoms with E-state index in [1.165, 1.54) is 0 Å². The van der Waals surface area contributed by atoms with Gasteiger partial charge < -0.3 is 10.6 Å². The van der Waals surface area contributed by atoms with Crippen molar-refractivity contribution in [3.8, 4) is 5.69 Å². The van der Waals surface area contributed by atoms with Gasteiger partial charge in [-0.3, -0.25) is 9.36 Å².